The molecule has 11 heteroatoms. The summed E-state index contributed by atoms with van der Waals surface area (Å²) in [4.78, 5) is 30.6. The van der Waals surface area contributed by atoms with E-state index >= 15 is 0 Å². The minimum Gasteiger partial charge on any atom is -0.497 e. The first-order valence-electron chi connectivity index (χ1n) is 13.0. The molecule has 0 spiro atoms. The molecule has 1 aromatic heterocycles. The summed E-state index contributed by atoms with van der Waals surface area (Å²) < 4.78 is 18.5. The van der Waals surface area contributed by atoms with Gasteiger partial charge >= 0.3 is 6.03 Å². The molecule has 0 bridgehead atoms. The largest absolute Gasteiger partial charge is 0.497 e. The molecule has 2 aliphatic rings. The second kappa shape index (κ2) is 12.8. The van der Waals surface area contributed by atoms with Crippen LogP contribution < -0.4 is 14.8 Å². The van der Waals surface area contributed by atoms with E-state index in [1.165, 1.54) is 5.01 Å². The van der Waals surface area contributed by atoms with E-state index in [4.69, 9.17) is 19.3 Å². The van der Waals surface area contributed by atoms with Gasteiger partial charge in [0.25, 0.3) is 5.91 Å². The van der Waals surface area contributed by atoms with Crippen LogP contribution in [0.5, 0.6) is 11.5 Å². The number of ether oxygens (including phenoxy) is 3. The predicted molar refractivity (Wildman–Crippen MR) is 144 cm³/mol. The van der Waals surface area contributed by atoms with Crippen LogP contribution in [-0.2, 0) is 16.6 Å². The van der Waals surface area contributed by atoms with Crippen molar-refractivity contribution in [3.8, 4) is 11.5 Å². The van der Waals surface area contributed by atoms with Gasteiger partial charge in [0.05, 0.1) is 44.9 Å². The molecule has 4 rings (SSSR count). The van der Waals surface area contributed by atoms with E-state index < -0.39 is 6.04 Å². The standard InChI is InChI=1S/C27H38N6O5/c1-5-28-27(35)32(12-11-31-13-15-38-16-14-31)19-26(34)33-24(18-22(29-33)23-7-6-10-30(23)2)21-17-20(36-3)8-9-25(21)37-4/h6-10,17,24H,5,11-16,18-19H2,1-4H3,(H,28,35). The highest BCUT2D eigenvalue weighted by Gasteiger charge is 2.37. The summed E-state index contributed by atoms with van der Waals surface area (Å²) in [5.41, 5.74) is 2.52. The van der Waals surface area contributed by atoms with Gasteiger partial charge in [-0.3, -0.25) is 9.69 Å². The van der Waals surface area contributed by atoms with E-state index in [1.807, 2.05) is 55.1 Å². The molecule has 2 aliphatic heterocycles. The normalized spacial score (nSPS) is 17.7. The first kappa shape index (κ1) is 27.5. The number of urea groups is 1. The third-order valence-corrected chi connectivity index (χ3v) is 6.93. The number of aryl methyl sites for hydroxylation is 1. The van der Waals surface area contributed by atoms with Gasteiger partial charge < -0.3 is 29.0 Å². The maximum absolute atomic E-state index is 13.8. The van der Waals surface area contributed by atoms with Crippen molar-refractivity contribution >= 4 is 17.6 Å². The van der Waals surface area contributed by atoms with E-state index in [1.54, 1.807) is 19.1 Å². The molecule has 3 heterocycles. The Balaban J connectivity index is 1.61. The Morgan fingerprint density at radius 3 is 2.63 bits per heavy atom. The SMILES string of the molecule is CCNC(=O)N(CCN1CCOCC1)CC(=O)N1N=C(c2cccn2C)CC1c1cc(OC)ccc1OC. The van der Waals surface area contributed by atoms with Gasteiger partial charge in [-0.25, -0.2) is 9.80 Å². The number of amides is 3. The van der Waals surface area contributed by atoms with Crippen LogP contribution in [0.3, 0.4) is 0 Å². The number of aromatic nitrogens is 1. The highest BCUT2D eigenvalue weighted by atomic mass is 16.5. The van der Waals surface area contributed by atoms with Crippen LogP contribution in [0.2, 0.25) is 0 Å². The molecule has 0 saturated carbocycles. The molecule has 0 aliphatic carbocycles. The Morgan fingerprint density at radius 1 is 1.18 bits per heavy atom. The van der Waals surface area contributed by atoms with Crippen LogP contribution >= 0.6 is 0 Å². The zero-order valence-corrected chi connectivity index (χ0v) is 22.7. The van der Waals surface area contributed by atoms with Crippen molar-refractivity contribution in [2.45, 2.75) is 19.4 Å². The second-order valence-electron chi connectivity index (χ2n) is 9.33. The smallest absolute Gasteiger partial charge is 0.317 e. The van der Waals surface area contributed by atoms with Crippen LogP contribution in [0.15, 0.2) is 41.6 Å². The van der Waals surface area contributed by atoms with Crippen molar-refractivity contribution in [1.29, 1.82) is 0 Å². The molecule has 1 aromatic carbocycles. The van der Waals surface area contributed by atoms with E-state index in [0.29, 0.717) is 50.8 Å². The number of morpholine rings is 1. The monoisotopic (exact) mass is 526 g/mol. The van der Waals surface area contributed by atoms with Gasteiger partial charge in [0.1, 0.15) is 18.0 Å². The Hall–Kier alpha value is -3.57. The molecule has 1 unspecified atom stereocenters. The number of hydrogen-bond acceptors (Lipinski definition) is 7. The van der Waals surface area contributed by atoms with Gasteiger partial charge in [-0.05, 0) is 37.3 Å². The van der Waals surface area contributed by atoms with Crippen molar-refractivity contribution in [2.75, 3.05) is 66.7 Å². The fraction of sp³-hybridized carbons (Fsp3) is 0.519. The van der Waals surface area contributed by atoms with E-state index in [9.17, 15) is 9.59 Å². The predicted octanol–water partition coefficient (Wildman–Crippen LogP) is 2.08. The summed E-state index contributed by atoms with van der Waals surface area (Å²) in [5, 5.41) is 9.13. The summed E-state index contributed by atoms with van der Waals surface area (Å²) in [6.45, 7) is 6.31. The highest BCUT2D eigenvalue weighted by molar-refractivity contribution is 6.02. The maximum atomic E-state index is 13.8. The molecule has 1 N–H and O–H groups in total. The Morgan fingerprint density at radius 2 is 1.97 bits per heavy atom. The van der Waals surface area contributed by atoms with Crippen molar-refractivity contribution < 1.29 is 23.8 Å². The number of hydrogen-bond donors (Lipinski definition) is 1. The average molecular weight is 527 g/mol. The average Bonchev–Trinajstić information content (AvgIpc) is 3.57. The van der Waals surface area contributed by atoms with Crippen molar-refractivity contribution in [1.82, 2.24) is 24.7 Å². The molecule has 206 valence electrons. The van der Waals surface area contributed by atoms with Gasteiger partial charge in [0.15, 0.2) is 0 Å². The number of carbonyl (C=O) groups is 2. The van der Waals surface area contributed by atoms with Crippen molar-refractivity contribution in [2.24, 2.45) is 12.1 Å². The quantitative estimate of drug-likeness (QED) is 0.509. The Bertz CT molecular complexity index is 1140. The van der Waals surface area contributed by atoms with Crippen LogP contribution in [0.25, 0.3) is 0 Å². The fourth-order valence-corrected chi connectivity index (χ4v) is 4.84. The molecule has 11 nitrogen and oxygen atoms in total. The number of methoxy groups -OCH3 is 2. The highest BCUT2D eigenvalue weighted by Crippen LogP contribution is 2.39. The minimum atomic E-state index is -0.409. The molecule has 1 saturated heterocycles. The summed E-state index contributed by atoms with van der Waals surface area (Å²) in [6.07, 6.45) is 2.45. The van der Waals surface area contributed by atoms with Gasteiger partial charge in [0, 0.05) is 58.0 Å². The zero-order chi connectivity index (χ0) is 27.1. The summed E-state index contributed by atoms with van der Waals surface area (Å²) in [6, 6.07) is 8.80. The molecule has 38 heavy (non-hydrogen) atoms. The van der Waals surface area contributed by atoms with Crippen LogP contribution in [0.4, 0.5) is 4.79 Å². The molecule has 3 amide bonds. The maximum Gasteiger partial charge on any atom is 0.317 e. The lowest BCUT2D eigenvalue weighted by molar-refractivity contribution is -0.133. The second-order valence-corrected chi connectivity index (χ2v) is 9.33. The zero-order valence-electron chi connectivity index (χ0n) is 22.7. The summed E-state index contributed by atoms with van der Waals surface area (Å²) in [7, 11) is 5.16. The third-order valence-electron chi connectivity index (χ3n) is 6.93. The first-order chi connectivity index (χ1) is 18.4. The Kier molecular flexibility index (Phi) is 9.24. The van der Waals surface area contributed by atoms with Crippen LogP contribution in [0.1, 0.15) is 30.6 Å². The van der Waals surface area contributed by atoms with E-state index in [0.717, 1.165) is 30.1 Å². The Labute approximate surface area is 223 Å². The lowest BCUT2D eigenvalue weighted by Gasteiger charge is -2.31. The van der Waals surface area contributed by atoms with Crippen LogP contribution in [-0.4, -0.2) is 104 Å². The lowest BCUT2D eigenvalue weighted by Crippen LogP contribution is -2.49. The molecule has 1 fully saturated rings. The topological polar surface area (TPSA) is 101 Å². The van der Waals surface area contributed by atoms with E-state index in [2.05, 4.69) is 10.2 Å². The number of rotatable bonds is 10. The number of benzene rings is 1. The van der Waals surface area contributed by atoms with E-state index in [-0.39, 0.29) is 18.5 Å². The first-order valence-corrected chi connectivity index (χ1v) is 13.0. The lowest BCUT2D eigenvalue weighted by atomic mass is 9.99. The summed E-state index contributed by atoms with van der Waals surface area (Å²) >= 11 is 0. The summed E-state index contributed by atoms with van der Waals surface area (Å²) in [5.74, 6) is 1.04. The number of hydrazone groups is 1. The van der Waals surface area contributed by atoms with Gasteiger partial charge in [-0.15, -0.1) is 0 Å². The molecule has 0 radical (unpaired) electrons. The fourth-order valence-electron chi connectivity index (χ4n) is 4.84. The van der Waals surface area contributed by atoms with Crippen molar-refractivity contribution in [3.05, 3.63) is 47.8 Å². The van der Waals surface area contributed by atoms with Gasteiger partial charge in [-0.2, -0.15) is 5.10 Å². The van der Waals surface area contributed by atoms with Crippen LogP contribution in [0, 0.1) is 0 Å². The van der Waals surface area contributed by atoms with Gasteiger partial charge in [0.2, 0.25) is 0 Å². The molecular weight excluding hydrogens is 488 g/mol. The molecule has 1 atom stereocenters. The van der Waals surface area contributed by atoms with Crippen molar-refractivity contribution in [3.63, 3.8) is 0 Å². The number of nitrogens with one attached hydrogen (secondary N) is 1. The third kappa shape index (κ3) is 6.28. The molecule has 2 aromatic rings. The number of carbonyl (C=O) groups excluding carboxylic acids is 2. The number of nitrogens with zero attached hydrogens (tertiary/aromatic N) is 5. The van der Waals surface area contributed by atoms with Gasteiger partial charge in [-0.1, -0.05) is 0 Å². The minimum absolute atomic E-state index is 0.0944. The molecular formula is C27H38N6O5.